The predicted molar refractivity (Wildman–Crippen MR) is 88.7 cm³/mol. The van der Waals surface area contributed by atoms with Crippen LogP contribution in [0, 0.1) is 0 Å². The molecule has 0 aliphatic rings. The van der Waals surface area contributed by atoms with Crippen LogP contribution in [0.15, 0.2) is 53.4 Å². The molecule has 4 heteroatoms. The highest BCUT2D eigenvalue weighted by Crippen LogP contribution is 2.27. The van der Waals surface area contributed by atoms with Gasteiger partial charge in [0.25, 0.3) is 0 Å². The summed E-state index contributed by atoms with van der Waals surface area (Å²) in [6.07, 6.45) is 0.0906. The van der Waals surface area contributed by atoms with Gasteiger partial charge in [0.05, 0.1) is 16.9 Å². The van der Waals surface area contributed by atoms with Crippen molar-refractivity contribution in [3.8, 4) is 5.75 Å². The summed E-state index contributed by atoms with van der Waals surface area (Å²) in [5.41, 5.74) is 0.660. The summed E-state index contributed by atoms with van der Waals surface area (Å²) < 4.78 is 5.61. The van der Waals surface area contributed by atoms with Crippen molar-refractivity contribution in [1.29, 1.82) is 0 Å². The van der Waals surface area contributed by atoms with Crippen molar-refractivity contribution in [2.75, 3.05) is 5.75 Å². The lowest BCUT2D eigenvalue weighted by Crippen LogP contribution is -2.07. The van der Waals surface area contributed by atoms with Gasteiger partial charge in [0, 0.05) is 10.5 Å². The number of halogens is 1. The van der Waals surface area contributed by atoms with Crippen LogP contribution in [0.3, 0.4) is 0 Å². The third-order valence-corrected chi connectivity index (χ3v) is 4.24. The summed E-state index contributed by atoms with van der Waals surface area (Å²) in [6.45, 7) is 3.92. The smallest absolute Gasteiger partial charge is 0.173 e. The van der Waals surface area contributed by atoms with Crippen LogP contribution >= 0.6 is 23.4 Å². The van der Waals surface area contributed by atoms with Crippen LogP contribution in [-0.2, 0) is 0 Å². The van der Waals surface area contributed by atoms with E-state index in [1.807, 2.05) is 56.3 Å². The second kappa shape index (κ2) is 7.53. The van der Waals surface area contributed by atoms with Crippen LogP contribution < -0.4 is 4.74 Å². The lowest BCUT2D eigenvalue weighted by molar-refractivity contribution is 0.102. The maximum atomic E-state index is 12.2. The number of Topliss-reactive ketones (excluding diaryl/α,β-unsaturated/α-hetero) is 1. The van der Waals surface area contributed by atoms with E-state index >= 15 is 0 Å². The zero-order chi connectivity index (χ0) is 15.2. The number of hydrogen-bond acceptors (Lipinski definition) is 3. The minimum Gasteiger partial charge on any atom is -0.491 e. The molecular weight excluding hydrogens is 304 g/mol. The van der Waals surface area contributed by atoms with Crippen molar-refractivity contribution in [1.82, 2.24) is 0 Å². The van der Waals surface area contributed by atoms with E-state index in [0.717, 1.165) is 10.6 Å². The predicted octanol–water partition coefficient (Wildman–Crippen LogP) is 5.10. The van der Waals surface area contributed by atoms with Gasteiger partial charge in [-0.1, -0.05) is 35.9 Å². The summed E-state index contributed by atoms with van der Waals surface area (Å²) >= 11 is 7.53. The van der Waals surface area contributed by atoms with Gasteiger partial charge in [0.1, 0.15) is 5.75 Å². The summed E-state index contributed by atoms with van der Waals surface area (Å²) in [5, 5.41) is 0.673. The molecule has 0 saturated carbocycles. The van der Waals surface area contributed by atoms with Gasteiger partial charge in [-0.2, -0.15) is 0 Å². The second-order valence-corrected chi connectivity index (χ2v) is 6.26. The fraction of sp³-hybridized carbons (Fsp3) is 0.235. The van der Waals surface area contributed by atoms with E-state index in [-0.39, 0.29) is 11.9 Å². The molecule has 0 amide bonds. The molecule has 0 bridgehead atoms. The molecule has 0 aromatic heterocycles. The van der Waals surface area contributed by atoms with Gasteiger partial charge >= 0.3 is 0 Å². The molecular formula is C17H17ClO2S. The normalized spacial score (nSPS) is 10.7. The number of rotatable bonds is 6. The summed E-state index contributed by atoms with van der Waals surface area (Å²) in [4.78, 5) is 13.2. The highest BCUT2D eigenvalue weighted by atomic mass is 35.5. The lowest BCUT2D eigenvalue weighted by atomic mass is 10.1. The summed E-state index contributed by atoms with van der Waals surface area (Å²) in [6, 6.07) is 14.8. The standard InChI is InChI=1S/C17H17ClO2S/c1-12(2)20-14-7-5-6-13(10-14)16(19)11-21-17-9-4-3-8-15(17)18/h3-10,12H,11H2,1-2H3. The van der Waals surface area contributed by atoms with Crippen LogP contribution in [0.4, 0.5) is 0 Å². The van der Waals surface area contributed by atoms with Gasteiger partial charge in [0.15, 0.2) is 5.78 Å². The molecule has 2 nitrogen and oxygen atoms in total. The van der Waals surface area contributed by atoms with E-state index < -0.39 is 0 Å². The molecule has 0 heterocycles. The molecule has 0 aliphatic heterocycles. The average molecular weight is 321 g/mol. The van der Waals surface area contributed by atoms with Gasteiger partial charge < -0.3 is 4.74 Å². The molecule has 0 unspecified atom stereocenters. The molecule has 110 valence electrons. The zero-order valence-electron chi connectivity index (χ0n) is 12.0. The molecule has 2 aromatic rings. The van der Waals surface area contributed by atoms with Crippen LogP contribution in [-0.4, -0.2) is 17.6 Å². The van der Waals surface area contributed by atoms with Crippen molar-refractivity contribution in [2.45, 2.75) is 24.8 Å². The Morgan fingerprint density at radius 2 is 1.95 bits per heavy atom. The largest absolute Gasteiger partial charge is 0.491 e. The van der Waals surface area contributed by atoms with E-state index in [2.05, 4.69) is 0 Å². The van der Waals surface area contributed by atoms with Crippen molar-refractivity contribution >= 4 is 29.1 Å². The van der Waals surface area contributed by atoms with Gasteiger partial charge in [-0.15, -0.1) is 11.8 Å². The maximum Gasteiger partial charge on any atom is 0.173 e. The maximum absolute atomic E-state index is 12.2. The lowest BCUT2D eigenvalue weighted by Gasteiger charge is -2.10. The van der Waals surface area contributed by atoms with Crippen molar-refractivity contribution in [3.05, 3.63) is 59.1 Å². The number of thioether (sulfide) groups is 1. The summed E-state index contributed by atoms with van der Waals surface area (Å²) in [5.74, 6) is 1.14. The summed E-state index contributed by atoms with van der Waals surface area (Å²) in [7, 11) is 0. The highest BCUT2D eigenvalue weighted by Gasteiger charge is 2.09. The number of carbonyl (C=O) groups excluding carboxylic acids is 1. The van der Waals surface area contributed by atoms with Crippen LogP contribution in [0.25, 0.3) is 0 Å². The molecule has 2 aromatic carbocycles. The monoisotopic (exact) mass is 320 g/mol. The fourth-order valence-corrected chi connectivity index (χ4v) is 2.94. The first-order valence-corrected chi connectivity index (χ1v) is 8.10. The van der Waals surface area contributed by atoms with Gasteiger partial charge in [-0.25, -0.2) is 0 Å². The topological polar surface area (TPSA) is 26.3 Å². The molecule has 0 fully saturated rings. The molecule has 21 heavy (non-hydrogen) atoms. The first-order chi connectivity index (χ1) is 10.1. The third kappa shape index (κ3) is 4.80. The second-order valence-electron chi connectivity index (χ2n) is 4.84. The highest BCUT2D eigenvalue weighted by molar-refractivity contribution is 8.00. The van der Waals surface area contributed by atoms with Gasteiger partial charge in [-0.05, 0) is 38.1 Å². The Labute approximate surface area is 134 Å². The fourth-order valence-electron chi connectivity index (χ4n) is 1.80. The van der Waals surface area contributed by atoms with Crippen LogP contribution in [0.5, 0.6) is 5.75 Å². The first kappa shape index (κ1) is 15.9. The average Bonchev–Trinajstić information content (AvgIpc) is 2.45. The molecule has 0 aliphatic carbocycles. The molecule has 2 rings (SSSR count). The number of ketones is 1. The SMILES string of the molecule is CC(C)Oc1cccc(C(=O)CSc2ccccc2Cl)c1. The Balaban J connectivity index is 2.02. The molecule has 0 atom stereocenters. The van der Waals surface area contributed by atoms with E-state index in [4.69, 9.17) is 16.3 Å². The van der Waals surface area contributed by atoms with Crippen molar-refractivity contribution in [2.24, 2.45) is 0 Å². The third-order valence-electron chi connectivity index (χ3n) is 2.72. The minimum absolute atomic E-state index is 0.0640. The van der Waals surface area contributed by atoms with E-state index in [1.54, 1.807) is 6.07 Å². The van der Waals surface area contributed by atoms with E-state index in [0.29, 0.717) is 16.3 Å². The Morgan fingerprint density at radius 1 is 1.19 bits per heavy atom. The Hall–Kier alpha value is -1.45. The molecule has 0 saturated heterocycles. The molecule has 0 N–H and O–H groups in total. The number of ether oxygens (including phenoxy) is 1. The van der Waals surface area contributed by atoms with Gasteiger partial charge in [-0.3, -0.25) is 4.79 Å². The molecule has 0 radical (unpaired) electrons. The molecule has 0 spiro atoms. The number of hydrogen-bond donors (Lipinski definition) is 0. The van der Waals surface area contributed by atoms with E-state index in [9.17, 15) is 4.79 Å². The Kier molecular flexibility index (Phi) is 5.71. The van der Waals surface area contributed by atoms with Crippen molar-refractivity contribution in [3.63, 3.8) is 0 Å². The van der Waals surface area contributed by atoms with Crippen LogP contribution in [0.1, 0.15) is 24.2 Å². The number of carbonyl (C=O) groups is 1. The Morgan fingerprint density at radius 3 is 2.67 bits per heavy atom. The van der Waals surface area contributed by atoms with E-state index in [1.165, 1.54) is 11.8 Å². The number of benzene rings is 2. The quantitative estimate of drug-likeness (QED) is 0.547. The zero-order valence-corrected chi connectivity index (χ0v) is 13.6. The first-order valence-electron chi connectivity index (χ1n) is 6.73. The van der Waals surface area contributed by atoms with Gasteiger partial charge in [0.2, 0.25) is 0 Å². The minimum atomic E-state index is 0.0640. The van der Waals surface area contributed by atoms with Crippen LogP contribution in [0.2, 0.25) is 5.02 Å². The Bertz CT molecular complexity index is 626. The van der Waals surface area contributed by atoms with Crippen molar-refractivity contribution < 1.29 is 9.53 Å².